The molecule has 3 nitrogen and oxygen atoms in total. The average Bonchev–Trinajstić information content (AvgIpc) is 2.88. The van der Waals surface area contributed by atoms with Gasteiger partial charge in [-0.3, -0.25) is 0 Å². The van der Waals surface area contributed by atoms with Gasteiger partial charge in [-0.2, -0.15) is 0 Å². The second-order valence-electron chi connectivity index (χ2n) is 6.53. The van der Waals surface area contributed by atoms with E-state index in [1.165, 1.54) is 22.3 Å². The zero-order chi connectivity index (χ0) is 15.3. The first kappa shape index (κ1) is 16.5. The predicted molar refractivity (Wildman–Crippen MR) is 87.0 cm³/mol. The lowest BCUT2D eigenvalue weighted by atomic mass is 9.78. The summed E-state index contributed by atoms with van der Waals surface area (Å²) in [6.07, 6.45) is 2.24. The molecule has 0 spiro atoms. The van der Waals surface area contributed by atoms with Gasteiger partial charge in [0.2, 0.25) is 0 Å². The number of ether oxygens (including phenoxy) is 2. The Morgan fingerprint density at radius 1 is 1.24 bits per heavy atom. The lowest BCUT2D eigenvalue weighted by Gasteiger charge is -2.29. The summed E-state index contributed by atoms with van der Waals surface area (Å²) >= 11 is 0. The molecule has 3 heteroatoms. The van der Waals surface area contributed by atoms with E-state index in [0.29, 0.717) is 0 Å². The molecule has 1 unspecified atom stereocenters. The van der Waals surface area contributed by atoms with Gasteiger partial charge in [0.1, 0.15) is 0 Å². The second-order valence-corrected chi connectivity index (χ2v) is 6.53. The number of aryl methyl sites for hydroxylation is 3. The first-order valence-corrected chi connectivity index (χ1v) is 7.90. The van der Waals surface area contributed by atoms with E-state index in [0.717, 1.165) is 45.8 Å². The Bertz CT molecular complexity index is 441. The van der Waals surface area contributed by atoms with Crippen LogP contribution in [0, 0.1) is 26.2 Å². The molecule has 0 aromatic heterocycles. The summed E-state index contributed by atoms with van der Waals surface area (Å²) in [5.41, 5.74) is 5.91. The monoisotopic (exact) mass is 291 g/mol. The number of hydrogen-bond acceptors (Lipinski definition) is 3. The van der Waals surface area contributed by atoms with E-state index in [1.54, 1.807) is 7.11 Å². The van der Waals surface area contributed by atoms with E-state index in [4.69, 9.17) is 9.47 Å². The van der Waals surface area contributed by atoms with Gasteiger partial charge < -0.3 is 14.8 Å². The number of methoxy groups -OCH3 is 1. The highest BCUT2D eigenvalue weighted by atomic mass is 16.5. The van der Waals surface area contributed by atoms with Crippen LogP contribution in [0.15, 0.2) is 12.1 Å². The van der Waals surface area contributed by atoms with Crippen molar-refractivity contribution in [1.82, 2.24) is 5.32 Å². The van der Waals surface area contributed by atoms with E-state index in [1.807, 2.05) is 0 Å². The van der Waals surface area contributed by atoms with Crippen LogP contribution in [0.3, 0.4) is 0 Å². The van der Waals surface area contributed by atoms with Crippen molar-refractivity contribution in [1.29, 1.82) is 0 Å². The third kappa shape index (κ3) is 4.29. The van der Waals surface area contributed by atoms with Crippen LogP contribution >= 0.6 is 0 Å². The summed E-state index contributed by atoms with van der Waals surface area (Å²) in [5.74, 6) is 0. The van der Waals surface area contributed by atoms with Crippen molar-refractivity contribution in [3.05, 3.63) is 34.4 Å². The molecule has 1 aliphatic rings. The standard InChI is InChI=1S/C18H29NO2/c1-14-9-15(2)17(16(3)10-14)11-18(5-7-21-13-18)12-19-6-8-20-4/h9-10,19H,5-8,11-13H2,1-4H3. The van der Waals surface area contributed by atoms with Crippen LogP contribution in [0.25, 0.3) is 0 Å². The van der Waals surface area contributed by atoms with Gasteiger partial charge in [-0.1, -0.05) is 17.7 Å². The zero-order valence-corrected chi connectivity index (χ0v) is 13.9. The summed E-state index contributed by atoms with van der Waals surface area (Å²) in [7, 11) is 1.75. The minimum Gasteiger partial charge on any atom is -0.383 e. The molecule has 1 saturated heterocycles. The van der Waals surface area contributed by atoms with Gasteiger partial charge in [0.25, 0.3) is 0 Å². The quantitative estimate of drug-likeness (QED) is 0.784. The van der Waals surface area contributed by atoms with E-state index in [-0.39, 0.29) is 5.41 Å². The largest absolute Gasteiger partial charge is 0.383 e. The second kappa shape index (κ2) is 7.39. The van der Waals surface area contributed by atoms with Crippen molar-refractivity contribution >= 4 is 0 Å². The molecule has 0 bridgehead atoms. The van der Waals surface area contributed by atoms with Crippen molar-refractivity contribution in [3.8, 4) is 0 Å². The first-order valence-electron chi connectivity index (χ1n) is 7.90. The topological polar surface area (TPSA) is 30.5 Å². The van der Waals surface area contributed by atoms with Gasteiger partial charge in [0.15, 0.2) is 0 Å². The molecule has 1 atom stereocenters. The summed E-state index contributed by atoms with van der Waals surface area (Å²) in [6, 6.07) is 4.59. The number of nitrogens with one attached hydrogen (secondary N) is 1. The minimum atomic E-state index is 0.235. The molecular weight excluding hydrogens is 262 g/mol. The summed E-state index contributed by atoms with van der Waals surface area (Å²) in [5, 5.41) is 3.53. The van der Waals surface area contributed by atoms with Crippen molar-refractivity contribution < 1.29 is 9.47 Å². The Morgan fingerprint density at radius 2 is 1.95 bits per heavy atom. The number of hydrogen-bond donors (Lipinski definition) is 1. The molecule has 1 N–H and O–H groups in total. The third-order valence-corrected chi connectivity index (χ3v) is 4.56. The van der Waals surface area contributed by atoms with Crippen LogP contribution in [0.5, 0.6) is 0 Å². The van der Waals surface area contributed by atoms with Gasteiger partial charge in [-0.25, -0.2) is 0 Å². The van der Waals surface area contributed by atoms with Gasteiger partial charge in [0.05, 0.1) is 13.2 Å². The molecular formula is C18H29NO2. The fraction of sp³-hybridized carbons (Fsp3) is 0.667. The molecule has 0 radical (unpaired) electrons. The number of rotatable bonds is 7. The molecule has 2 rings (SSSR count). The highest BCUT2D eigenvalue weighted by Gasteiger charge is 2.35. The van der Waals surface area contributed by atoms with Crippen molar-refractivity contribution in [3.63, 3.8) is 0 Å². The zero-order valence-electron chi connectivity index (χ0n) is 13.9. The van der Waals surface area contributed by atoms with E-state index in [2.05, 4.69) is 38.2 Å². The van der Waals surface area contributed by atoms with Gasteiger partial charge in [-0.15, -0.1) is 0 Å². The maximum atomic E-state index is 5.72. The maximum Gasteiger partial charge on any atom is 0.0587 e. The third-order valence-electron chi connectivity index (χ3n) is 4.56. The molecule has 0 aliphatic carbocycles. The lowest BCUT2D eigenvalue weighted by molar-refractivity contribution is 0.144. The Labute approximate surface area is 129 Å². The summed E-state index contributed by atoms with van der Waals surface area (Å²) in [6.45, 7) is 11.1. The Balaban J connectivity index is 2.09. The van der Waals surface area contributed by atoms with Gasteiger partial charge >= 0.3 is 0 Å². The van der Waals surface area contributed by atoms with Crippen molar-refractivity contribution in [2.24, 2.45) is 5.41 Å². The van der Waals surface area contributed by atoms with Crippen LogP contribution in [0.2, 0.25) is 0 Å². The van der Waals surface area contributed by atoms with Crippen LogP contribution < -0.4 is 5.32 Å². The molecule has 1 aromatic rings. The van der Waals surface area contributed by atoms with Crippen LogP contribution in [0.1, 0.15) is 28.7 Å². The average molecular weight is 291 g/mol. The SMILES string of the molecule is COCCNCC1(Cc2c(C)cc(C)cc2C)CCOC1. The van der Waals surface area contributed by atoms with Crippen molar-refractivity contribution in [2.75, 3.05) is 40.0 Å². The molecule has 118 valence electrons. The highest BCUT2D eigenvalue weighted by Crippen LogP contribution is 2.34. The van der Waals surface area contributed by atoms with E-state index < -0.39 is 0 Å². The fourth-order valence-corrected chi connectivity index (χ4v) is 3.38. The molecule has 1 heterocycles. The molecule has 1 fully saturated rings. The van der Waals surface area contributed by atoms with E-state index >= 15 is 0 Å². The normalized spacial score (nSPS) is 21.9. The summed E-state index contributed by atoms with van der Waals surface area (Å²) in [4.78, 5) is 0. The molecule has 21 heavy (non-hydrogen) atoms. The Hall–Kier alpha value is -0.900. The van der Waals surface area contributed by atoms with E-state index in [9.17, 15) is 0 Å². The smallest absolute Gasteiger partial charge is 0.0587 e. The van der Waals surface area contributed by atoms with Gasteiger partial charge in [-0.05, 0) is 50.3 Å². The van der Waals surface area contributed by atoms with Crippen LogP contribution in [0.4, 0.5) is 0 Å². The molecule has 1 aromatic carbocycles. The minimum absolute atomic E-state index is 0.235. The number of benzene rings is 1. The molecule has 1 aliphatic heterocycles. The van der Waals surface area contributed by atoms with Gasteiger partial charge in [0, 0.05) is 32.2 Å². The summed E-state index contributed by atoms with van der Waals surface area (Å²) < 4.78 is 10.8. The van der Waals surface area contributed by atoms with Crippen LogP contribution in [-0.4, -0.2) is 40.0 Å². The predicted octanol–water partition coefficient (Wildman–Crippen LogP) is 2.80. The Morgan fingerprint density at radius 3 is 2.52 bits per heavy atom. The first-order chi connectivity index (χ1) is 10.1. The molecule has 0 saturated carbocycles. The molecule has 0 amide bonds. The van der Waals surface area contributed by atoms with Crippen LogP contribution in [-0.2, 0) is 15.9 Å². The Kier molecular flexibility index (Phi) is 5.80. The maximum absolute atomic E-state index is 5.72. The lowest BCUT2D eigenvalue weighted by Crippen LogP contribution is -2.38. The van der Waals surface area contributed by atoms with Crippen molar-refractivity contribution in [2.45, 2.75) is 33.6 Å². The fourth-order valence-electron chi connectivity index (χ4n) is 3.38. The highest BCUT2D eigenvalue weighted by molar-refractivity contribution is 5.38.